The molecular formula is C17H19ClN4OS. The van der Waals surface area contributed by atoms with Crippen molar-refractivity contribution in [3.63, 3.8) is 0 Å². The third-order valence-corrected chi connectivity index (χ3v) is 4.91. The van der Waals surface area contributed by atoms with Gasteiger partial charge in [-0.25, -0.2) is 4.68 Å². The second-order valence-electron chi connectivity index (χ2n) is 6.47. The smallest absolute Gasteiger partial charge is 0.261 e. The van der Waals surface area contributed by atoms with Crippen LogP contribution < -0.4 is 11.1 Å². The Hall–Kier alpha value is -1.89. The number of hydrogen-bond acceptors (Lipinski definition) is 4. The third kappa shape index (κ3) is 3.45. The number of hydrogen-bond donors (Lipinski definition) is 2. The molecule has 3 rings (SSSR count). The van der Waals surface area contributed by atoms with Gasteiger partial charge in [0.2, 0.25) is 0 Å². The van der Waals surface area contributed by atoms with Crippen molar-refractivity contribution in [3.8, 4) is 5.69 Å². The van der Waals surface area contributed by atoms with E-state index in [9.17, 15) is 4.79 Å². The first-order valence-corrected chi connectivity index (χ1v) is 8.76. The predicted molar refractivity (Wildman–Crippen MR) is 99.3 cm³/mol. The van der Waals surface area contributed by atoms with E-state index in [2.05, 4.69) is 10.4 Å². The Balaban J connectivity index is 1.95. The molecule has 0 atom stereocenters. The highest BCUT2D eigenvalue weighted by molar-refractivity contribution is 7.20. The molecule has 3 aromatic rings. The number of aryl methyl sites for hydroxylation is 1. The standard InChI is InChI=1S/C17H19ClN4OS/c1-10-13-8-14(15(23)20-9-17(2,3)19)24-16(13)22(21-10)12-6-4-11(18)5-7-12/h4-8H,9,19H2,1-3H3,(H,20,23). The summed E-state index contributed by atoms with van der Waals surface area (Å²) in [6.07, 6.45) is 0. The summed E-state index contributed by atoms with van der Waals surface area (Å²) in [6, 6.07) is 9.34. The molecule has 0 aliphatic carbocycles. The summed E-state index contributed by atoms with van der Waals surface area (Å²) in [5.41, 5.74) is 7.27. The second kappa shape index (κ2) is 6.20. The lowest BCUT2D eigenvalue weighted by Gasteiger charge is -2.18. The monoisotopic (exact) mass is 362 g/mol. The normalized spacial score (nSPS) is 11.9. The van der Waals surface area contributed by atoms with Crippen LogP contribution in [0.15, 0.2) is 30.3 Å². The largest absolute Gasteiger partial charge is 0.350 e. The van der Waals surface area contributed by atoms with Crippen molar-refractivity contribution in [3.05, 3.63) is 45.9 Å². The van der Waals surface area contributed by atoms with Crippen molar-refractivity contribution in [2.75, 3.05) is 6.54 Å². The van der Waals surface area contributed by atoms with E-state index in [0.29, 0.717) is 16.4 Å². The minimum atomic E-state index is -0.442. The lowest BCUT2D eigenvalue weighted by atomic mass is 10.1. The zero-order chi connectivity index (χ0) is 17.5. The van der Waals surface area contributed by atoms with Gasteiger partial charge in [-0.3, -0.25) is 4.79 Å². The van der Waals surface area contributed by atoms with E-state index in [0.717, 1.165) is 21.6 Å². The Kier molecular flexibility index (Phi) is 4.38. The molecule has 1 aromatic carbocycles. The summed E-state index contributed by atoms with van der Waals surface area (Å²) in [4.78, 5) is 13.9. The van der Waals surface area contributed by atoms with Crippen molar-refractivity contribution in [1.29, 1.82) is 0 Å². The van der Waals surface area contributed by atoms with E-state index < -0.39 is 5.54 Å². The molecule has 0 radical (unpaired) electrons. The molecular weight excluding hydrogens is 344 g/mol. The van der Waals surface area contributed by atoms with Gasteiger partial charge in [0.1, 0.15) is 4.83 Å². The molecule has 0 saturated heterocycles. The first-order chi connectivity index (χ1) is 11.2. The van der Waals surface area contributed by atoms with Crippen LogP contribution in [-0.2, 0) is 0 Å². The molecule has 3 N–H and O–H groups in total. The molecule has 0 fully saturated rings. The molecule has 2 aromatic heterocycles. The van der Waals surface area contributed by atoms with Crippen molar-refractivity contribution < 1.29 is 4.79 Å². The fourth-order valence-electron chi connectivity index (χ4n) is 2.31. The van der Waals surface area contributed by atoms with Crippen LogP contribution in [0, 0.1) is 6.92 Å². The Labute approximate surface area is 149 Å². The summed E-state index contributed by atoms with van der Waals surface area (Å²) in [7, 11) is 0. The molecule has 0 bridgehead atoms. The van der Waals surface area contributed by atoms with E-state index in [1.54, 1.807) is 0 Å². The zero-order valence-corrected chi connectivity index (χ0v) is 15.3. The number of carbonyl (C=O) groups is 1. The summed E-state index contributed by atoms with van der Waals surface area (Å²) in [5, 5.41) is 9.10. The van der Waals surface area contributed by atoms with Gasteiger partial charge in [-0.2, -0.15) is 5.10 Å². The van der Waals surface area contributed by atoms with Crippen molar-refractivity contribution in [1.82, 2.24) is 15.1 Å². The van der Waals surface area contributed by atoms with Crippen LogP contribution in [0.4, 0.5) is 0 Å². The predicted octanol–water partition coefficient (Wildman–Crippen LogP) is 3.52. The van der Waals surface area contributed by atoms with Gasteiger partial charge in [0.25, 0.3) is 5.91 Å². The van der Waals surface area contributed by atoms with E-state index in [1.807, 2.05) is 55.8 Å². The lowest BCUT2D eigenvalue weighted by molar-refractivity contribution is 0.0950. The molecule has 5 nitrogen and oxygen atoms in total. The maximum Gasteiger partial charge on any atom is 0.261 e. The van der Waals surface area contributed by atoms with Crippen LogP contribution in [0.1, 0.15) is 29.2 Å². The Morgan fingerprint density at radius 1 is 1.38 bits per heavy atom. The van der Waals surface area contributed by atoms with Gasteiger partial charge in [0, 0.05) is 22.5 Å². The van der Waals surface area contributed by atoms with Gasteiger partial charge in [-0.1, -0.05) is 11.6 Å². The fourth-order valence-corrected chi connectivity index (χ4v) is 3.54. The lowest BCUT2D eigenvalue weighted by Crippen LogP contribution is -2.44. The minimum Gasteiger partial charge on any atom is -0.350 e. The molecule has 24 heavy (non-hydrogen) atoms. The summed E-state index contributed by atoms with van der Waals surface area (Å²) >= 11 is 7.37. The van der Waals surface area contributed by atoms with Crippen molar-refractivity contribution >= 4 is 39.1 Å². The molecule has 7 heteroatoms. The van der Waals surface area contributed by atoms with Crippen LogP contribution in [0.3, 0.4) is 0 Å². The Morgan fingerprint density at radius 2 is 2.04 bits per heavy atom. The number of thiophene rings is 1. The average molecular weight is 363 g/mol. The second-order valence-corrected chi connectivity index (χ2v) is 7.94. The molecule has 126 valence electrons. The van der Waals surface area contributed by atoms with E-state index in [4.69, 9.17) is 17.3 Å². The quantitative estimate of drug-likeness (QED) is 0.745. The Morgan fingerprint density at radius 3 is 2.67 bits per heavy atom. The Bertz CT molecular complexity index is 890. The highest BCUT2D eigenvalue weighted by Crippen LogP contribution is 2.30. The molecule has 0 unspecified atom stereocenters. The molecule has 2 heterocycles. The number of amides is 1. The molecule has 1 amide bonds. The number of fused-ring (bicyclic) bond motifs is 1. The maximum atomic E-state index is 12.4. The SMILES string of the molecule is Cc1nn(-c2ccc(Cl)cc2)c2sc(C(=O)NCC(C)(C)N)cc12. The maximum absolute atomic E-state index is 12.4. The van der Waals surface area contributed by atoms with Gasteiger partial charge in [-0.15, -0.1) is 11.3 Å². The number of halogens is 1. The van der Waals surface area contributed by atoms with Crippen LogP contribution in [0.25, 0.3) is 15.9 Å². The first kappa shape index (κ1) is 17.0. The van der Waals surface area contributed by atoms with E-state index in [-0.39, 0.29) is 5.91 Å². The van der Waals surface area contributed by atoms with Crippen LogP contribution in [0.5, 0.6) is 0 Å². The van der Waals surface area contributed by atoms with Crippen LogP contribution in [-0.4, -0.2) is 27.8 Å². The topological polar surface area (TPSA) is 72.9 Å². The van der Waals surface area contributed by atoms with Gasteiger partial charge in [0.05, 0.1) is 16.3 Å². The third-order valence-electron chi connectivity index (χ3n) is 3.54. The van der Waals surface area contributed by atoms with E-state index >= 15 is 0 Å². The number of benzene rings is 1. The summed E-state index contributed by atoms with van der Waals surface area (Å²) in [5.74, 6) is -0.114. The molecule has 0 saturated carbocycles. The number of carbonyl (C=O) groups excluding carboxylic acids is 1. The fraction of sp³-hybridized carbons (Fsp3) is 0.294. The van der Waals surface area contributed by atoms with Crippen molar-refractivity contribution in [2.24, 2.45) is 5.73 Å². The van der Waals surface area contributed by atoms with Crippen LogP contribution >= 0.6 is 22.9 Å². The van der Waals surface area contributed by atoms with Gasteiger partial charge in [-0.05, 0) is 51.1 Å². The molecule has 0 spiro atoms. The molecule has 0 aliphatic rings. The van der Waals surface area contributed by atoms with Crippen LogP contribution in [0.2, 0.25) is 5.02 Å². The average Bonchev–Trinajstić information content (AvgIpc) is 3.06. The number of aromatic nitrogens is 2. The first-order valence-electron chi connectivity index (χ1n) is 7.57. The highest BCUT2D eigenvalue weighted by Gasteiger charge is 2.19. The van der Waals surface area contributed by atoms with Gasteiger partial charge >= 0.3 is 0 Å². The van der Waals surface area contributed by atoms with Crippen molar-refractivity contribution in [2.45, 2.75) is 26.3 Å². The minimum absolute atomic E-state index is 0.114. The van der Waals surface area contributed by atoms with Gasteiger partial charge < -0.3 is 11.1 Å². The zero-order valence-electron chi connectivity index (χ0n) is 13.8. The number of nitrogens with two attached hydrogens (primary N) is 1. The number of nitrogens with one attached hydrogen (secondary N) is 1. The number of rotatable bonds is 4. The summed E-state index contributed by atoms with van der Waals surface area (Å²) < 4.78 is 1.84. The molecule has 0 aliphatic heterocycles. The van der Waals surface area contributed by atoms with Gasteiger partial charge in [0.15, 0.2) is 0 Å². The van der Waals surface area contributed by atoms with E-state index in [1.165, 1.54) is 11.3 Å². The number of nitrogens with zero attached hydrogens (tertiary/aromatic N) is 2. The highest BCUT2D eigenvalue weighted by atomic mass is 35.5. The summed E-state index contributed by atoms with van der Waals surface area (Å²) in [6.45, 7) is 6.11.